The summed E-state index contributed by atoms with van der Waals surface area (Å²) in [5.74, 6) is 0.659. The van der Waals surface area contributed by atoms with Crippen LogP contribution in [0.5, 0.6) is 0 Å². The second kappa shape index (κ2) is 5.53. The highest BCUT2D eigenvalue weighted by atomic mass is 79.9. The Balaban J connectivity index is 1.85. The molecule has 1 atom stereocenters. The minimum Gasteiger partial charge on any atom is -0.459 e. The van der Waals surface area contributed by atoms with Gasteiger partial charge in [-0.25, -0.2) is 4.39 Å². The highest BCUT2D eigenvalue weighted by Gasteiger charge is 2.12. The van der Waals surface area contributed by atoms with Gasteiger partial charge in [-0.05, 0) is 61.9 Å². The Morgan fingerprint density at radius 2 is 1.95 bits per heavy atom. The lowest BCUT2D eigenvalue weighted by molar-refractivity contribution is 0.526. The van der Waals surface area contributed by atoms with E-state index in [4.69, 9.17) is 4.42 Å². The Kier molecular flexibility index (Phi) is 3.72. The molecule has 2 aromatic carbocycles. The van der Waals surface area contributed by atoms with E-state index in [-0.39, 0.29) is 11.9 Å². The number of rotatable bonds is 3. The lowest BCUT2D eigenvalue weighted by atomic mass is 10.1. The van der Waals surface area contributed by atoms with Gasteiger partial charge in [0.25, 0.3) is 0 Å². The third-order valence-electron chi connectivity index (χ3n) is 3.47. The molecule has 0 aliphatic heterocycles. The first-order chi connectivity index (χ1) is 10.0. The van der Waals surface area contributed by atoms with Crippen LogP contribution in [0.4, 0.5) is 10.1 Å². The van der Waals surface area contributed by atoms with Crippen LogP contribution in [0.2, 0.25) is 0 Å². The van der Waals surface area contributed by atoms with Crippen LogP contribution < -0.4 is 5.32 Å². The van der Waals surface area contributed by atoms with E-state index in [1.165, 1.54) is 6.07 Å². The summed E-state index contributed by atoms with van der Waals surface area (Å²) >= 11 is 3.45. The van der Waals surface area contributed by atoms with E-state index in [9.17, 15) is 4.39 Å². The number of anilines is 1. The molecule has 0 saturated carbocycles. The van der Waals surface area contributed by atoms with Crippen LogP contribution >= 0.6 is 15.9 Å². The summed E-state index contributed by atoms with van der Waals surface area (Å²) < 4.78 is 20.2. The number of benzene rings is 2. The van der Waals surface area contributed by atoms with E-state index in [2.05, 4.69) is 21.2 Å². The van der Waals surface area contributed by atoms with Crippen LogP contribution in [0.3, 0.4) is 0 Å². The maximum atomic E-state index is 13.3. The van der Waals surface area contributed by atoms with E-state index in [0.717, 1.165) is 26.9 Å². The van der Waals surface area contributed by atoms with Gasteiger partial charge in [-0.3, -0.25) is 0 Å². The van der Waals surface area contributed by atoms with Gasteiger partial charge in [0.2, 0.25) is 0 Å². The van der Waals surface area contributed by atoms with Crippen molar-refractivity contribution in [1.82, 2.24) is 0 Å². The van der Waals surface area contributed by atoms with Crippen LogP contribution in [0.1, 0.15) is 24.3 Å². The van der Waals surface area contributed by atoms with Crippen molar-refractivity contribution in [3.63, 3.8) is 0 Å². The van der Waals surface area contributed by atoms with Gasteiger partial charge in [-0.1, -0.05) is 15.9 Å². The van der Waals surface area contributed by atoms with Gasteiger partial charge in [-0.2, -0.15) is 0 Å². The number of halogens is 2. The highest BCUT2D eigenvalue weighted by molar-refractivity contribution is 9.10. The van der Waals surface area contributed by atoms with Crippen molar-refractivity contribution in [2.24, 2.45) is 0 Å². The average Bonchev–Trinajstić information content (AvgIpc) is 2.86. The van der Waals surface area contributed by atoms with Crippen molar-refractivity contribution in [2.45, 2.75) is 19.9 Å². The topological polar surface area (TPSA) is 25.2 Å². The molecule has 1 heterocycles. The lowest BCUT2D eigenvalue weighted by Gasteiger charge is -2.13. The van der Waals surface area contributed by atoms with Gasteiger partial charge in [0.05, 0.1) is 6.04 Å². The van der Waals surface area contributed by atoms with Crippen LogP contribution in [-0.2, 0) is 0 Å². The van der Waals surface area contributed by atoms with Crippen molar-refractivity contribution in [2.75, 3.05) is 5.32 Å². The largest absolute Gasteiger partial charge is 0.459 e. The molecular weight excluding hydrogens is 333 g/mol. The number of furan rings is 1. The predicted octanol–water partition coefficient (Wildman–Crippen LogP) is 5.82. The molecule has 0 aliphatic carbocycles. The van der Waals surface area contributed by atoms with E-state index in [1.807, 2.05) is 31.2 Å². The molecule has 0 fully saturated rings. The molecule has 1 unspecified atom stereocenters. The fraction of sp³-hybridized carbons (Fsp3) is 0.176. The first-order valence-corrected chi connectivity index (χ1v) is 7.54. The summed E-state index contributed by atoms with van der Waals surface area (Å²) in [6.45, 7) is 3.77. The molecular formula is C17H15BrFNO. The average molecular weight is 348 g/mol. The van der Waals surface area contributed by atoms with E-state index < -0.39 is 0 Å². The van der Waals surface area contributed by atoms with Crippen molar-refractivity contribution in [3.8, 4) is 0 Å². The molecule has 1 aromatic heterocycles. The quantitative estimate of drug-likeness (QED) is 0.646. The maximum Gasteiger partial charge on any atom is 0.134 e. The van der Waals surface area contributed by atoms with Gasteiger partial charge in [-0.15, -0.1) is 0 Å². The van der Waals surface area contributed by atoms with Gasteiger partial charge < -0.3 is 9.73 Å². The number of hydrogen-bond donors (Lipinski definition) is 1. The van der Waals surface area contributed by atoms with Gasteiger partial charge >= 0.3 is 0 Å². The van der Waals surface area contributed by atoms with Crippen molar-refractivity contribution < 1.29 is 8.81 Å². The third kappa shape index (κ3) is 2.95. The van der Waals surface area contributed by atoms with Gasteiger partial charge in [0.1, 0.15) is 17.2 Å². The molecule has 0 bridgehead atoms. The first kappa shape index (κ1) is 14.1. The monoisotopic (exact) mass is 347 g/mol. The molecule has 0 saturated heterocycles. The van der Waals surface area contributed by atoms with E-state index in [1.54, 1.807) is 19.1 Å². The molecule has 3 rings (SSSR count). The Morgan fingerprint density at radius 3 is 2.71 bits per heavy atom. The minimum atomic E-state index is -0.193. The smallest absolute Gasteiger partial charge is 0.134 e. The molecule has 0 spiro atoms. The summed E-state index contributed by atoms with van der Waals surface area (Å²) in [6.07, 6.45) is 0. The Labute approximate surface area is 131 Å². The number of fused-ring (bicyclic) bond motifs is 1. The summed E-state index contributed by atoms with van der Waals surface area (Å²) in [5.41, 5.74) is 2.36. The third-order valence-corrected chi connectivity index (χ3v) is 3.96. The normalized spacial score (nSPS) is 12.6. The Morgan fingerprint density at radius 1 is 1.14 bits per heavy atom. The van der Waals surface area contributed by atoms with Gasteiger partial charge in [0.15, 0.2) is 0 Å². The molecule has 1 N–H and O–H groups in total. The summed E-state index contributed by atoms with van der Waals surface area (Å²) in [5, 5.41) is 4.39. The Hall–Kier alpha value is -1.81. The zero-order valence-electron chi connectivity index (χ0n) is 11.8. The minimum absolute atomic E-state index is 0.000960. The summed E-state index contributed by atoms with van der Waals surface area (Å²) in [7, 11) is 0. The molecule has 0 amide bonds. The molecule has 21 heavy (non-hydrogen) atoms. The fourth-order valence-electron chi connectivity index (χ4n) is 2.30. The predicted molar refractivity (Wildman–Crippen MR) is 87.1 cm³/mol. The highest BCUT2D eigenvalue weighted by Crippen LogP contribution is 2.28. The molecule has 108 valence electrons. The molecule has 0 radical (unpaired) electrons. The van der Waals surface area contributed by atoms with E-state index in [0.29, 0.717) is 5.56 Å². The lowest BCUT2D eigenvalue weighted by Crippen LogP contribution is -2.05. The zero-order chi connectivity index (χ0) is 15.0. The molecule has 0 aliphatic rings. The summed E-state index contributed by atoms with van der Waals surface area (Å²) in [6, 6.07) is 12.9. The second-order valence-corrected chi connectivity index (χ2v) is 6.08. The molecule has 3 aromatic rings. The fourth-order valence-corrected chi connectivity index (χ4v) is 2.68. The summed E-state index contributed by atoms with van der Waals surface area (Å²) in [4.78, 5) is 0. The van der Waals surface area contributed by atoms with Crippen LogP contribution in [-0.4, -0.2) is 0 Å². The van der Waals surface area contributed by atoms with Crippen LogP contribution in [0.15, 0.2) is 51.4 Å². The number of nitrogens with one attached hydrogen (secondary N) is 1. The Bertz CT molecular complexity index is 797. The van der Waals surface area contributed by atoms with Crippen molar-refractivity contribution in [1.29, 1.82) is 0 Å². The van der Waals surface area contributed by atoms with E-state index >= 15 is 0 Å². The SMILES string of the molecule is Cc1cc(NC(C)c2cc3cc(Br)ccc3o2)ccc1F. The maximum absolute atomic E-state index is 13.3. The molecule has 2 nitrogen and oxygen atoms in total. The van der Waals surface area contributed by atoms with Crippen molar-refractivity contribution >= 4 is 32.6 Å². The molecule has 4 heteroatoms. The number of aryl methyl sites for hydroxylation is 1. The first-order valence-electron chi connectivity index (χ1n) is 6.74. The van der Waals surface area contributed by atoms with Crippen LogP contribution in [0, 0.1) is 12.7 Å². The standard InChI is InChI=1S/C17H15BrFNO/c1-10-7-14(4-5-15(10)19)20-11(2)17-9-12-8-13(18)3-6-16(12)21-17/h3-9,11,20H,1-2H3. The van der Waals surface area contributed by atoms with Crippen molar-refractivity contribution in [3.05, 3.63) is 64.1 Å². The number of hydrogen-bond acceptors (Lipinski definition) is 2. The zero-order valence-corrected chi connectivity index (χ0v) is 13.4. The van der Waals surface area contributed by atoms with Gasteiger partial charge in [0, 0.05) is 15.5 Å². The van der Waals surface area contributed by atoms with Crippen LogP contribution in [0.25, 0.3) is 11.0 Å². The second-order valence-electron chi connectivity index (χ2n) is 5.16.